The number of nitrogens with zero attached hydrogens (tertiary/aromatic N) is 1. The quantitative estimate of drug-likeness (QED) is 0.636. The van der Waals surface area contributed by atoms with Crippen molar-refractivity contribution in [2.75, 3.05) is 7.11 Å². The average molecular weight is 342 g/mol. The molecule has 0 unspecified atom stereocenters. The van der Waals surface area contributed by atoms with E-state index in [1.54, 1.807) is 18.2 Å². The maximum Gasteiger partial charge on any atom is 0.240 e. The number of carbonyl (C=O) groups excluding carboxylic acids is 1. The van der Waals surface area contributed by atoms with Crippen molar-refractivity contribution in [2.45, 2.75) is 44.9 Å². The van der Waals surface area contributed by atoms with Crippen LogP contribution in [0.25, 0.3) is 0 Å². The van der Waals surface area contributed by atoms with Gasteiger partial charge in [-0.15, -0.1) is 0 Å². The first-order valence-electron chi connectivity index (χ1n) is 9.25. The van der Waals surface area contributed by atoms with Crippen molar-refractivity contribution in [1.29, 1.82) is 0 Å². The van der Waals surface area contributed by atoms with Gasteiger partial charge in [-0.05, 0) is 73.8 Å². The van der Waals surface area contributed by atoms with Gasteiger partial charge in [0.1, 0.15) is 0 Å². The van der Waals surface area contributed by atoms with Crippen LogP contribution in [0.1, 0.15) is 50.5 Å². The molecule has 0 spiro atoms. The number of phenolic OH excluding ortho intramolecular Hbond substituents is 1. The van der Waals surface area contributed by atoms with Gasteiger partial charge in [0.25, 0.3) is 0 Å². The summed E-state index contributed by atoms with van der Waals surface area (Å²) in [6.45, 7) is 0. The lowest BCUT2D eigenvalue weighted by molar-refractivity contribution is -0.129. The van der Waals surface area contributed by atoms with E-state index in [1.165, 1.54) is 51.8 Å². The van der Waals surface area contributed by atoms with Gasteiger partial charge in [0.05, 0.1) is 13.3 Å². The number of aromatic hydroxyl groups is 1. The molecule has 2 N–H and O–H groups in total. The Morgan fingerprint density at radius 1 is 1.28 bits per heavy atom. The topological polar surface area (TPSA) is 70.9 Å². The van der Waals surface area contributed by atoms with E-state index in [2.05, 4.69) is 10.5 Å². The van der Waals surface area contributed by atoms with Gasteiger partial charge in [-0.3, -0.25) is 4.79 Å². The van der Waals surface area contributed by atoms with Crippen molar-refractivity contribution in [1.82, 2.24) is 5.43 Å². The van der Waals surface area contributed by atoms with Crippen LogP contribution in [-0.2, 0) is 4.79 Å². The largest absolute Gasteiger partial charge is 0.504 e. The van der Waals surface area contributed by atoms with Crippen LogP contribution < -0.4 is 10.2 Å². The summed E-state index contributed by atoms with van der Waals surface area (Å²) in [7, 11) is 1.50. The van der Waals surface area contributed by atoms with Gasteiger partial charge in [0.15, 0.2) is 11.5 Å². The Balaban J connectivity index is 1.37. The number of hydrazone groups is 1. The van der Waals surface area contributed by atoms with Crippen LogP contribution in [-0.4, -0.2) is 24.3 Å². The summed E-state index contributed by atoms with van der Waals surface area (Å²) in [6, 6.07) is 5.18. The molecule has 4 bridgehead atoms. The minimum absolute atomic E-state index is 0.0133. The molecule has 4 aliphatic carbocycles. The number of hydrogen-bond donors (Lipinski definition) is 2. The molecule has 1 aromatic rings. The van der Waals surface area contributed by atoms with E-state index in [0.717, 1.165) is 17.8 Å². The molecular formula is C20H26N2O3. The van der Waals surface area contributed by atoms with Crippen molar-refractivity contribution < 1.29 is 14.6 Å². The third-order valence-electron chi connectivity index (χ3n) is 6.34. The zero-order valence-corrected chi connectivity index (χ0v) is 14.7. The lowest BCUT2D eigenvalue weighted by Crippen LogP contribution is -2.47. The van der Waals surface area contributed by atoms with E-state index >= 15 is 0 Å². The van der Waals surface area contributed by atoms with Crippen LogP contribution in [0.15, 0.2) is 23.3 Å². The molecule has 4 fully saturated rings. The molecule has 134 valence electrons. The first-order chi connectivity index (χ1) is 12.1. The van der Waals surface area contributed by atoms with Gasteiger partial charge in [0.2, 0.25) is 5.91 Å². The molecule has 1 aromatic carbocycles. The molecular weight excluding hydrogens is 316 g/mol. The van der Waals surface area contributed by atoms with E-state index in [1.807, 2.05) is 0 Å². The number of para-hydroxylation sites is 1. The fraction of sp³-hybridized carbons (Fsp3) is 0.600. The minimum atomic E-state index is -0.0133. The predicted octanol–water partition coefficient (Wildman–Crippen LogP) is 3.46. The lowest BCUT2D eigenvalue weighted by Gasteiger charge is -2.56. The Kier molecular flexibility index (Phi) is 4.18. The Morgan fingerprint density at radius 2 is 1.92 bits per heavy atom. The summed E-state index contributed by atoms with van der Waals surface area (Å²) in [5.41, 5.74) is 3.39. The van der Waals surface area contributed by atoms with Crippen molar-refractivity contribution in [2.24, 2.45) is 28.3 Å². The maximum absolute atomic E-state index is 12.4. The van der Waals surface area contributed by atoms with Crippen LogP contribution in [0, 0.1) is 23.2 Å². The molecule has 0 aromatic heterocycles. The van der Waals surface area contributed by atoms with Crippen LogP contribution in [0.4, 0.5) is 0 Å². The summed E-state index contributed by atoms with van der Waals surface area (Å²) < 4.78 is 5.07. The summed E-state index contributed by atoms with van der Waals surface area (Å²) in [5, 5.41) is 14.1. The predicted molar refractivity (Wildman–Crippen MR) is 95.6 cm³/mol. The summed E-state index contributed by atoms with van der Waals surface area (Å²) in [5.74, 6) is 2.94. The third kappa shape index (κ3) is 3.24. The highest BCUT2D eigenvalue weighted by atomic mass is 16.5. The number of carbonyl (C=O) groups is 1. The van der Waals surface area contributed by atoms with Crippen molar-refractivity contribution in [3.63, 3.8) is 0 Å². The highest BCUT2D eigenvalue weighted by Gasteiger charge is 2.51. The van der Waals surface area contributed by atoms with Gasteiger partial charge >= 0.3 is 0 Å². The van der Waals surface area contributed by atoms with Gasteiger partial charge in [0, 0.05) is 12.0 Å². The number of nitrogens with one attached hydrogen (secondary N) is 1. The second-order valence-electron chi connectivity index (χ2n) is 8.29. The molecule has 25 heavy (non-hydrogen) atoms. The first-order valence-corrected chi connectivity index (χ1v) is 9.25. The number of amides is 1. The molecule has 4 saturated carbocycles. The lowest BCUT2D eigenvalue weighted by atomic mass is 9.49. The molecule has 0 aliphatic heterocycles. The van der Waals surface area contributed by atoms with E-state index in [0.29, 0.717) is 17.7 Å². The Morgan fingerprint density at radius 3 is 2.52 bits per heavy atom. The van der Waals surface area contributed by atoms with Crippen LogP contribution in [0.5, 0.6) is 11.5 Å². The summed E-state index contributed by atoms with van der Waals surface area (Å²) in [6.07, 6.45) is 9.84. The Bertz CT molecular complexity index is 663. The number of phenols is 1. The van der Waals surface area contributed by atoms with Gasteiger partial charge in [-0.1, -0.05) is 6.07 Å². The first kappa shape index (κ1) is 16.4. The van der Waals surface area contributed by atoms with Crippen LogP contribution >= 0.6 is 0 Å². The van der Waals surface area contributed by atoms with E-state index < -0.39 is 0 Å². The standard InChI is InChI=1S/C20H26N2O3/c1-25-17-4-2-3-16(19(17)24)12-21-22-18(23)11-20-8-13-5-14(9-20)7-15(6-13)10-20/h2-4,12-15,24H,5-11H2,1H3,(H,22,23)/b21-12+. The monoisotopic (exact) mass is 342 g/mol. The number of hydrogen-bond acceptors (Lipinski definition) is 4. The van der Waals surface area contributed by atoms with Crippen molar-refractivity contribution in [3.8, 4) is 11.5 Å². The second-order valence-corrected chi connectivity index (χ2v) is 8.29. The molecule has 4 aliphatic rings. The van der Waals surface area contributed by atoms with E-state index in [9.17, 15) is 9.90 Å². The normalized spacial score (nSPS) is 32.9. The second kappa shape index (κ2) is 6.36. The van der Waals surface area contributed by atoms with Crippen molar-refractivity contribution >= 4 is 12.1 Å². The minimum Gasteiger partial charge on any atom is -0.504 e. The number of benzene rings is 1. The molecule has 0 radical (unpaired) electrons. The van der Waals surface area contributed by atoms with E-state index in [-0.39, 0.29) is 17.1 Å². The molecule has 1 amide bonds. The average Bonchev–Trinajstić information content (AvgIpc) is 2.54. The molecule has 5 heteroatoms. The van der Waals surface area contributed by atoms with Gasteiger partial charge < -0.3 is 9.84 Å². The van der Waals surface area contributed by atoms with Crippen LogP contribution in [0.3, 0.4) is 0 Å². The fourth-order valence-corrected chi connectivity index (χ4v) is 5.87. The number of methoxy groups -OCH3 is 1. The zero-order chi connectivity index (χ0) is 17.4. The Labute approximate surface area is 148 Å². The summed E-state index contributed by atoms with van der Waals surface area (Å²) in [4.78, 5) is 12.4. The van der Waals surface area contributed by atoms with Gasteiger partial charge in [-0.2, -0.15) is 5.10 Å². The SMILES string of the molecule is COc1cccc(/C=N/NC(=O)CC23CC4CC(CC(C4)C2)C3)c1O. The van der Waals surface area contributed by atoms with Crippen molar-refractivity contribution in [3.05, 3.63) is 23.8 Å². The number of rotatable bonds is 5. The smallest absolute Gasteiger partial charge is 0.240 e. The zero-order valence-electron chi connectivity index (χ0n) is 14.7. The highest BCUT2D eigenvalue weighted by molar-refractivity contribution is 5.86. The molecule has 0 saturated heterocycles. The Hall–Kier alpha value is -2.04. The molecule has 0 heterocycles. The fourth-order valence-electron chi connectivity index (χ4n) is 5.87. The molecule has 0 atom stereocenters. The highest BCUT2D eigenvalue weighted by Crippen LogP contribution is 2.61. The molecule has 5 nitrogen and oxygen atoms in total. The van der Waals surface area contributed by atoms with Gasteiger partial charge in [-0.25, -0.2) is 5.43 Å². The number of ether oxygens (including phenoxy) is 1. The summed E-state index contributed by atoms with van der Waals surface area (Å²) >= 11 is 0. The molecule has 5 rings (SSSR count). The third-order valence-corrected chi connectivity index (χ3v) is 6.34. The maximum atomic E-state index is 12.4. The van der Waals surface area contributed by atoms with Crippen LogP contribution in [0.2, 0.25) is 0 Å². The van der Waals surface area contributed by atoms with E-state index in [4.69, 9.17) is 4.74 Å².